The molecule has 104 valence electrons. The minimum atomic E-state index is 0.528. The van der Waals surface area contributed by atoms with E-state index in [9.17, 15) is 0 Å². The van der Waals surface area contributed by atoms with Crippen molar-refractivity contribution < 1.29 is 4.48 Å². The van der Waals surface area contributed by atoms with E-state index in [4.69, 9.17) is 11.6 Å². The number of aromatic nitrogens is 1. The highest BCUT2D eigenvalue weighted by molar-refractivity contribution is 6.31. The van der Waals surface area contributed by atoms with E-state index in [1.165, 1.54) is 30.5 Å². The largest absolute Gasteiger partial charge is 0.316 e. The lowest BCUT2D eigenvalue weighted by Crippen LogP contribution is -2.42. The standard InChI is InChI=1S/C17H20ClN2/c1-20(13-15-6-2-3-8-16(15)18)11-5-9-17(20)14-7-4-10-19-12-14/h2-4,6-8,10,12,17H,5,9,11,13H2,1H3/q+1. The van der Waals surface area contributed by atoms with E-state index >= 15 is 0 Å². The van der Waals surface area contributed by atoms with Crippen molar-refractivity contribution in [1.29, 1.82) is 0 Å². The predicted octanol–water partition coefficient (Wildman–Crippen LogP) is 4.22. The summed E-state index contributed by atoms with van der Waals surface area (Å²) in [6, 6.07) is 13.0. The molecule has 2 nitrogen and oxygen atoms in total. The Morgan fingerprint density at radius 3 is 2.85 bits per heavy atom. The third kappa shape index (κ3) is 2.58. The molecule has 2 aromatic rings. The summed E-state index contributed by atoms with van der Waals surface area (Å²) in [7, 11) is 2.34. The zero-order valence-corrected chi connectivity index (χ0v) is 12.6. The minimum absolute atomic E-state index is 0.528. The first-order valence-electron chi connectivity index (χ1n) is 7.17. The summed E-state index contributed by atoms with van der Waals surface area (Å²) in [6.45, 7) is 2.18. The zero-order valence-electron chi connectivity index (χ0n) is 11.8. The van der Waals surface area contributed by atoms with Crippen LogP contribution in [0.25, 0.3) is 0 Å². The van der Waals surface area contributed by atoms with E-state index in [0.717, 1.165) is 16.1 Å². The number of pyridine rings is 1. The Bertz CT molecular complexity index is 585. The molecule has 0 saturated carbocycles. The molecule has 1 aromatic heterocycles. The maximum Gasteiger partial charge on any atom is 0.116 e. The highest BCUT2D eigenvalue weighted by atomic mass is 35.5. The van der Waals surface area contributed by atoms with E-state index in [2.05, 4.69) is 30.2 Å². The Hall–Kier alpha value is -1.38. The van der Waals surface area contributed by atoms with Crippen molar-refractivity contribution in [2.45, 2.75) is 25.4 Å². The number of quaternary nitrogens is 1. The van der Waals surface area contributed by atoms with Crippen LogP contribution in [0.2, 0.25) is 5.02 Å². The van der Waals surface area contributed by atoms with Crippen LogP contribution in [-0.4, -0.2) is 23.1 Å². The maximum atomic E-state index is 6.34. The minimum Gasteiger partial charge on any atom is -0.316 e. The van der Waals surface area contributed by atoms with Crippen molar-refractivity contribution in [2.75, 3.05) is 13.6 Å². The van der Waals surface area contributed by atoms with Crippen LogP contribution in [0.15, 0.2) is 48.8 Å². The van der Waals surface area contributed by atoms with Gasteiger partial charge in [0.2, 0.25) is 0 Å². The van der Waals surface area contributed by atoms with Crippen LogP contribution in [0, 0.1) is 0 Å². The quantitative estimate of drug-likeness (QED) is 0.771. The average Bonchev–Trinajstić information content (AvgIpc) is 2.84. The van der Waals surface area contributed by atoms with E-state index in [0.29, 0.717) is 6.04 Å². The van der Waals surface area contributed by atoms with Gasteiger partial charge in [-0.3, -0.25) is 4.98 Å². The Balaban J connectivity index is 1.89. The van der Waals surface area contributed by atoms with E-state index in [-0.39, 0.29) is 0 Å². The molecule has 1 aliphatic rings. The summed E-state index contributed by atoms with van der Waals surface area (Å²) in [6.07, 6.45) is 6.35. The maximum absolute atomic E-state index is 6.34. The van der Waals surface area contributed by atoms with Crippen molar-refractivity contribution >= 4 is 11.6 Å². The third-order valence-corrected chi connectivity index (χ3v) is 4.83. The van der Waals surface area contributed by atoms with Gasteiger partial charge in [0.1, 0.15) is 12.6 Å². The number of likely N-dealkylation sites (tertiary alicyclic amines) is 1. The van der Waals surface area contributed by atoms with Crippen LogP contribution in [0.4, 0.5) is 0 Å². The number of benzene rings is 1. The molecule has 0 aliphatic carbocycles. The van der Waals surface area contributed by atoms with Gasteiger partial charge in [0.25, 0.3) is 0 Å². The van der Waals surface area contributed by atoms with Crippen molar-refractivity contribution in [2.24, 2.45) is 0 Å². The second kappa shape index (κ2) is 5.55. The van der Waals surface area contributed by atoms with Crippen LogP contribution in [0.3, 0.4) is 0 Å². The first-order valence-corrected chi connectivity index (χ1v) is 7.54. The molecule has 1 saturated heterocycles. The van der Waals surface area contributed by atoms with Gasteiger partial charge < -0.3 is 4.48 Å². The monoisotopic (exact) mass is 287 g/mol. The average molecular weight is 288 g/mol. The van der Waals surface area contributed by atoms with Crippen molar-refractivity contribution in [3.63, 3.8) is 0 Å². The van der Waals surface area contributed by atoms with Crippen LogP contribution in [-0.2, 0) is 6.54 Å². The summed E-state index contributed by atoms with van der Waals surface area (Å²) < 4.78 is 1.02. The van der Waals surface area contributed by atoms with Gasteiger partial charge >= 0.3 is 0 Å². The molecule has 3 heteroatoms. The van der Waals surface area contributed by atoms with Crippen molar-refractivity contribution in [1.82, 2.24) is 4.98 Å². The lowest BCUT2D eigenvalue weighted by molar-refractivity contribution is -0.939. The van der Waals surface area contributed by atoms with Crippen molar-refractivity contribution in [3.05, 3.63) is 64.9 Å². The summed E-state index contributed by atoms with van der Waals surface area (Å²) in [5.74, 6) is 0. The molecular weight excluding hydrogens is 268 g/mol. The smallest absolute Gasteiger partial charge is 0.116 e. The molecule has 2 heterocycles. The molecule has 1 aliphatic heterocycles. The second-order valence-electron chi connectivity index (χ2n) is 5.90. The number of halogens is 1. The van der Waals surface area contributed by atoms with Crippen LogP contribution < -0.4 is 0 Å². The third-order valence-electron chi connectivity index (χ3n) is 4.46. The highest BCUT2D eigenvalue weighted by Gasteiger charge is 2.39. The molecule has 0 radical (unpaired) electrons. The Morgan fingerprint density at radius 2 is 2.10 bits per heavy atom. The Kier molecular flexibility index (Phi) is 3.77. The number of nitrogens with zero attached hydrogens (tertiary/aromatic N) is 2. The summed E-state index contributed by atoms with van der Waals surface area (Å²) >= 11 is 6.34. The molecule has 20 heavy (non-hydrogen) atoms. The highest BCUT2D eigenvalue weighted by Crippen LogP contribution is 2.39. The number of rotatable bonds is 3. The van der Waals surface area contributed by atoms with Gasteiger partial charge in [-0.1, -0.05) is 35.9 Å². The molecular formula is C17H20ClN2+. The van der Waals surface area contributed by atoms with Gasteiger partial charge in [-0.25, -0.2) is 0 Å². The fourth-order valence-electron chi connectivity index (χ4n) is 3.42. The van der Waals surface area contributed by atoms with E-state index in [1.54, 1.807) is 0 Å². The molecule has 2 atom stereocenters. The molecule has 0 spiro atoms. The zero-order chi connectivity index (χ0) is 14.0. The van der Waals surface area contributed by atoms with Gasteiger partial charge in [-0.2, -0.15) is 0 Å². The molecule has 0 amide bonds. The number of hydrogen-bond acceptors (Lipinski definition) is 1. The van der Waals surface area contributed by atoms with Crippen molar-refractivity contribution in [3.8, 4) is 0 Å². The predicted molar refractivity (Wildman–Crippen MR) is 82.4 cm³/mol. The van der Waals surface area contributed by atoms with Gasteiger partial charge in [0.05, 0.1) is 13.6 Å². The SMILES string of the molecule is C[N+]1(Cc2ccccc2Cl)CCCC1c1cccnc1. The summed E-state index contributed by atoms with van der Waals surface area (Å²) in [5, 5.41) is 0.878. The summed E-state index contributed by atoms with van der Waals surface area (Å²) in [4.78, 5) is 4.28. The van der Waals surface area contributed by atoms with Gasteiger partial charge in [0.15, 0.2) is 0 Å². The van der Waals surface area contributed by atoms with Gasteiger partial charge in [0, 0.05) is 41.4 Å². The van der Waals surface area contributed by atoms with Gasteiger partial charge in [-0.05, 0) is 12.1 Å². The van der Waals surface area contributed by atoms with Crippen LogP contribution >= 0.6 is 11.6 Å². The fraction of sp³-hybridized carbons (Fsp3) is 0.353. The Morgan fingerprint density at radius 1 is 1.25 bits per heavy atom. The molecule has 1 fully saturated rings. The molecule has 0 N–H and O–H groups in total. The number of hydrogen-bond donors (Lipinski definition) is 0. The Labute approximate surface area is 125 Å². The molecule has 3 rings (SSSR count). The fourth-order valence-corrected chi connectivity index (χ4v) is 3.61. The second-order valence-corrected chi connectivity index (χ2v) is 6.30. The molecule has 0 bridgehead atoms. The van der Waals surface area contributed by atoms with Crippen LogP contribution in [0.5, 0.6) is 0 Å². The van der Waals surface area contributed by atoms with Gasteiger partial charge in [-0.15, -0.1) is 0 Å². The normalized spacial score (nSPS) is 25.8. The molecule has 1 aromatic carbocycles. The topological polar surface area (TPSA) is 12.9 Å². The van der Waals surface area contributed by atoms with E-state index in [1.807, 2.05) is 30.6 Å². The molecule has 2 unspecified atom stereocenters. The first-order chi connectivity index (χ1) is 9.69. The lowest BCUT2D eigenvalue weighted by atomic mass is 10.0. The van der Waals surface area contributed by atoms with Crippen LogP contribution in [0.1, 0.15) is 30.0 Å². The summed E-state index contributed by atoms with van der Waals surface area (Å²) in [5.41, 5.74) is 2.59. The lowest BCUT2D eigenvalue weighted by Gasteiger charge is -2.36. The van der Waals surface area contributed by atoms with E-state index < -0.39 is 0 Å². The first kappa shape index (κ1) is 13.6.